The summed E-state index contributed by atoms with van der Waals surface area (Å²) in [7, 11) is 0. The Morgan fingerprint density at radius 2 is 2.35 bits per heavy atom. The van der Waals surface area contributed by atoms with E-state index in [1.54, 1.807) is 0 Å². The predicted molar refractivity (Wildman–Crippen MR) is 61.2 cm³/mol. The lowest BCUT2D eigenvalue weighted by Gasteiger charge is -2.22. The highest BCUT2D eigenvalue weighted by Gasteiger charge is 2.15. The molecular formula is C12H15NO4. The Bertz CT molecular complexity index is 460. The molecule has 0 aromatic carbocycles. The third-order valence-corrected chi connectivity index (χ3v) is 2.94. The van der Waals surface area contributed by atoms with Gasteiger partial charge in [0, 0.05) is 31.3 Å². The third kappa shape index (κ3) is 2.94. The molecule has 17 heavy (non-hydrogen) atoms. The minimum absolute atomic E-state index is 0.140. The molecule has 0 saturated carbocycles. The topological polar surface area (TPSA) is 68.5 Å². The summed E-state index contributed by atoms with van der Waals surface area (Å²) in [5.74, 6) is -0.718. The number of ether oxygens (including phenoxy) is 1. The molecule has 5 heteroatoms. The van der Waals surface area contributed by atoms with Gasteiger partial charge < -0.3 is 14.4 Å². The molecule has 0 spiro atoms. The van der Waals surface area contributed by atoms with Crippen LogP contribution in [0.25, 0.3) is 0 Å². The molecule has 92 valence electrons. The highest BCUT2D eigenvalue weighted by Crippen LogP contribution is 2.15. The summed E-state index contributed by atoms with van der Waals surface area (Å²) in [6.45, 7) is 1.95. The van der Waals surface area contributed by atoms with Crippen LogP contribution in [-0.2, 0) is 11.3 Å². The quantitative estimate of drug-likeness (QED) is 0.850. The van der Waals surface area contributed by atoms with E-state index in [2.05, 4.69) is 0 Å². The van der Waals surface area contributed by atoms with Crippen LogP contribution in [0, 0.1) is 5.92 Å². The van der Waals surface area contributed by atoms with Crippen molar-refractivity contribution in [2.45, 2.75) is 19.4 Å². The average molecular weight is 237 g/mol. The molecule has 1 atom stereocenters. The van der Waals surface area contributed by atoms with Gasteiger partial charge in [0.1, 0.15) is 0 Å². The van der Waals surface area contributed by atoms with Gasteiger partial charge in [0.2, 0.25) is 0 Å². The number of nitrogens with zero attached hydrogens (tertiary/aromatic N) is 1. The van der Waals surface area contributed by atoms with Crippen molar-refractivity contribution in [3.05, 3.63) is 34.2 Å². The van der Waals surface area contributed by atoms with E-state index in [9.17, 15) is 9.59 Å². The van der Waals surface area contributed by atoms with Crippen LogP contribution < -0.4 is 5.56 Å². The summed E-state index contributed by atoms with van der Waals surface area (Å²) in [5.41, 5.74) is -0.0260. The van der Waals surface area contributed by atoms with Crippen molar-refractivity contribution < 1.29 is 14.6 Å². The van der Waals surface area contributed by atoms with Gasteiger partial charge in [-0.15, -0.1) is 0 Å². The molecule has 1 saturated heterocycles. The van der Waals surface area contributed by atoms with Crippen molar-refractivity contribution in [2.75, 3.05) is 13.2 Å². The number of carboxylic acid groups (broad SMARTS) is 1. The summed E-state index contributed by atoms with van der Waals surface area (Å²) in [4.78, 5) is 22.4. The summed E-state index contributed by atoms with van der Waals surface area (Å²) in [5, 5.41) is 8.87. The molecule has 1 aromatic heterocycles. The smallest absolute Gasteiger partial charge is 0.337 e. The molecule has 0 bridgehead atoms. The van der Waals surface area contributed by atoms with E-state index in [1.807, 2.05) is 0 Å². The van der Waals surface area contributed by atoms with Crippen molar-refractivity contribution >= 4 is 5.97 Å². The first-order valence-electron chi connectivity index (χ1n) is 5.68. The van der Waals surface area contributed by atoms with Crippen LogP contribution in [0.15, 0.2) is 23.1 Å². The van der Waals surface area contributed by atoms with E-state index in [4.69, 9.17) is 9.84 Å². The Hall–Kier alpha value is -1.62. The van der Waals surface area contributed by atoms with Gasteiger partial charge in [0.25, 0.3) is 5.56 Å². The number of carboxylic acids is 1. The lowest BCUT2D eigenvalue weighted by molar-refractivity contribution is 0.0479. The lowest BCUT2D eigenvalue weighted by atomic mass is 10.0. The molecule has 1 aliphatic heterocycles. The van der Waals surface area contributed by atoms with Crippen LogP contribution in [-0.4, -0.2) is 28.9 Å². The van der Waals surface area contributed by atoms with E-state index in [0.29, 0.717) is 19.1 Å². The van der Waals surface area contributed by atoms with Gasteiger partial charge in [0.15, 0.2) is 0 Å². The molecule has 1 fully saturated rings. The van der Waals surface area contributed by atoms with E-state index in [1.165, 1.54) is 22.9 Å². The van der Waals surface area contributed by atoms with E-state index in [0.717, 1.165) is 19.4 Å². The Labute approximate surface area is 98.6 Å². The molecular weight excluding hydrogens is 222 g/mol. The number of hydrogen-bond donors (Lipinski definition) is 1. The van der Waals surface area contributed by atoms with Crippen LogP contribution in [0.5, 0.6) is 0 Å². The fraction of sp³-hybridized carbons (Fsp3) is 0.500. The van der Waals surface area contributed by atoms with Gasteiger partial charge in [-0.05, 0) is 18.9 Å². The fourth-order valence-electron chi connectivity index (χ4n) is 2.03. The summed E-state index contributed by atoms with van der Waals surface area (Å²) in [6, 6.07) is 2.63. The number of hydrogen-bond acceptors (Lipinski definition) is 3. The fourth-order valence-corrected chi connectivity index (χ4v) is 2.03. The van der Waals surface area contributed by atoms with Gasteiger partial charge in [0.05, 0.1) is 12.2 Å². The summed E-state index contributed by atoms with van der Waals surface area (Å²) in [6.07, 6.45) is 3.42. The maximum absolute atomic E-state index is 11.6. The molecule has 0 radical (unpaired) electrons. The lowest BCUT2D eigenvalue weighted by Crippen LogP contribution is -2.28. The summed E-state index contributed by atoms with van der Waals surface area (Å²) >= 11 is 0. The van der Waals surface area contributed by atoms with Gasteiger partial charge >= 0.3 is 5.97 Å². The molecule has 2 rings (SSSR count). The second-order valence-electron chi connectivity index (χ2n) is 4.30. The van der Waals surface area contributed by atoms with Crippen molar-refractivity contribution in [3.63, 3.8) is 0 Å². The number of aromatic nitrogens is 1. The second-order valence-corrected chi connectivity index (χ2v) is 4.30. The van der Waals surface area contributed by atoms with Crippen LogP contribution in [0.4, 0.5) is 0 Å². The summed E-state index contributed by atoms with van der Waals surface area (Å²) < 4.78 is 6.80. The Kier molecular flexibility index (Phi) is 3.58. The third-order valence-electron chi connectivity index (χ3n) is 2.94. The van der Waals surface area contributed by atoms with Crippen LogP contribution in [0.2, 0.25) is 0 Å². The standard InChI is InChI=1S/C12H15NO4/c14-11-4-3-10(12(15)16)7-13(11)6-9-2-1-5-17-8-9/h3-4,7,9H,1-2,5-6,8H2,(H,15,16). The zero-order chi connectivity index (χ0) is 12.3. The molecule has 5 nitrogen and oxygen atoms in total. The van der Waals surface area contributed by atoms with Crippen molar-refractivity contribution in [3.8, 4) is 0 Å². The minimum atomic E-state index is -1.02. The highest BCUT2D eigenvalue weighted by atomic mass is 16.5. The van der Waals surface area contributed by atoms with Crippen LogP contribution >= 0.6 is 0 Å². The highest BCUT2D eigenvalue weighted by molar-refractivity contribution is 5.87. The monoisotopic (exact) mass is 237 g/mol. The van der Waals surface area contributed by atoms with Gasteiger partial charge in [-0.2, -0.15) is 0 Å². The second kappa shape index (κ2) is 5.14. The molecule has 1 unspecified atom stereocenters. The van der Waals surface area contributed by atoms with Crippen molar-refractivity contribution in [2.24, 2.45) is 5.92 Å². The normalized spacial score (nSPS) is 20.1. The van der Waals surface area contributed by atoms with Gasteiger partial charge in [-0.1, -0.05) is 0 Å². The molecule has 1 aromatic rings. The molecule has 0 aliphatic carbocycles. The van der Waals surface area contributed by atoms with E-state index < -0.39 is 5.97 Å². The first kappa shape index (κ1) is 11.9. The van der Waals surface area contributed by atoms with E-state index in [-0.39, 0.29) is 11.1 Å². The van der Waals surface area contributed by atoms with Crippen LogP contribution in [0.3, 0.4) is 0 Å². The number of rotatable bonds is 3. The van der Waals surface area contributed by atoms with Gasteiger partial charge in [-0.25, -0.2) is 4.79 Å². The number of aromatic carboxylic acids is 1. The Morgan fingerprint density at radius 1 is 1.53 bits per heavy atom. The number of carbonyl (C=O) groups is 1. The number of pyridine rings is 1. The SMILES string of the molecule is O=C(O)c1ccc(=O)n(CC2CCCOC2)c1. The average Bonchev–Trinajstić information content (AvgIpc) is 2.33. The maximum Gasteiger partial charge on any atom is 0.337 e. The first-order valence-corrected chi connectivity index (χ1v) is 5.68. The first-order chi connectivity index (χ1) is 8.16. The maximum atomic E-state index is 11.6. The molecule has 1 aliphatic rings. The van der Waals surface area contributed by atoms with Crippen molar-refractivity contribution in [1.82, 2.24) is 4.57 Å². The largest absolute Gasteiger partial charge is 0.478 e. The predicted octanol–water partition coefficient (Wildman–Crippen LogP) is 0.973. The molecule has 2 heterocycles. The van der Waals surface area contributed by atoms with Crippen LogP contribution in [0.1, 0.15) is 23.2 Å². The molecule has 0 amide bonds. The zero-order valence-electron chi connectivity index (χ0n) is 9.46. The molecule has 1 N–H and O–H groups in total. The Balaban J connectivity index is 2.16. The van der Waals surface area contributed by atoms with E-state index >= 15 is 0 Å². The zero-order valence-corrected chi connectivity index (χ0v) is 9.46. The minimum Gasteiger partial charge on any atom is -0.478 e. The van der Waals surface area contributed by atoms with Crippen molar-refractivity contribution in [1.29, 1.82) is 0 Å². The Morgan fingerprint density at radius 3 is 3.00 bits per heavy atom. The van der Waals surface area contributed by atoms with Gasteiger partial charge in [-0.3, -0.25) is 4.79 Å².